The third kappa shape index (κ3) is 2.04. The van der Waals surface area contributed by atoms with Crippen molar-refractivity contribution in [1.29, 1.82) is 0 Å². The molecule has 0 bridgehead atoms. The van der Waals surface area contributed by atoms with Gasteiger partial charge in [0.25, 0.3) is 5.91 Å². The molecule has 1 aliphatic rings. The Morgan fingerprint density at radius 3 is 3.07 bits per heavy atom. The zero-order chi connectivity index (χ0) is 10.7. The van der Waals surface area contributed by atoms with Crippen LogP contribution >= 0.6 is 0 Å². The second kappa shape index (κ2) is 3.96. The number of allylic oxidation sites excluding steroid dienone is 1. The number of nitrogens with one attached hydrogen (secondary N) is 1. The van der Waals surface area contributed by atoms with Gasteiger partial charge >= 0.3 is 0 Å². The number of hydrogen-bond acceptors (Lipinski definition) is 3. The first-order valence-corrected chi connectivity index (χ1v) is 4.48. The standard InChI is InChI=1S/C11H9NO3/c13-5-1-2-8-3-4-9-10(6-8)15-7-11(14)12-9/h1-6H,7H2,(H,12,14). The molecule has 1 aromatic carbocycles. The van der Waals surface area contributed by atoms with Crippen molar-refractivity contribution in [3.8, 4) is 5.75 Å². The molecule has 1 heterocycles. The first-order valence-electron chi connectivity index (χ1n) is 4.48. The lowest BCUT2D eigenvalue weighted by Crippen LogP contribution is -2.25. The number of benzene rings is 1. The molecule has 1 aromatic rings. The quantitative estimate of drug-likeness (QED) is 0.581. The summed E-state index contributed by atoms with van der Waals surface area (Å²) in [7, 11) is 0. The molecule has 2 rings (SSSR count). The van der Waals surface area contributed by atoms with E-state index in [0.717, 1.165) is 5.56 Å². The molecular weight excluding hydrogens is 194 g/mol. The van der Waals surface area contributed by atoms with Crippen LogP contribution in [0.3, 0.4) is 0 Å². The van der Waals surface area contributed by atoms with Gasteiger partial charge < -0.3 is 10.1 Å². The SMILES string of the molecule is O=CC=Cc1ccc2c(c1)OCC(=O)N2. The molecule has 0 aromatic heterocycles. The van der Waals surface area contributed by atoms with E-state index in [9.17, 15) is 9.59 Å². The Morgan fingerprint density at radius 1 is 1.40 bits per heavy atom. The van der Waals surface area contributed by atoms with Crippen LogP contribution in [0.1, 0.15) is 5.56 Å². The summed E-state index contributed by atoms with van der Waals surface area (Å²) in [5.41, 5.74) is 1.52. The molecule has 1 N–H and O–H groups in total. The highest BCUT2D eigenvalue weighted by atomic mass is 16.5. The Bertz CT molecular complexity index is 437. The lowest BCUT2D eigenvalue weighted by molar-refractivity contribution is -0.118. The smallest absolute Gasteiger partial charge is 0.262 e. The van der Waals surface area contributed by atoms with Crippen LogP contribution in [0.5, 0.6) is 5.75 Å². The number of rotatable bonds is 2. The van der Waals surface area contributed by atoms with E-state index >= 15 is 0 Å². The second-order valence-electron chi connectivity index (χ2n) is 3.09. The Hall–Kier alpha value is -2.10. The minimum absolute atomic E-state index is 0.0356. The summed E-state index contributed by atoms with van der Waals surface area (Å²) >= 11 is 0. The maximum atomic E-state index is 11.0. The molecule has 0 spiro atoms. The minimum Gasteiger partial charge on any atom is -0.482 e. The average molecular weight is 203 g/mol. The summed E-state index contributed by atoms with van der Waals surface area (Å²) in [5.74, 6) is 0.473. The van der Waals surface area contributed by atoms with Crippen LogP contribution < -0.4 is 10.1 Å². The third-order valence-corrected chi connectivity index (χ3v) is 2.01. The number of ether oxygens (including phenoxy) is 1. The molecule has 1 aliphatic heterocycles. The third-order valence-electron chi connectivity index (χ3n) is 2.01. The molecule has 76 valence electrons. The van der Waals surface area contributed by atoms with Gasteiger partial charge in [0, 0.05) is 0 Å². The van der Waals surface area contributed by atoms with Gasteiger partial charge in [-0.3, -0.25) is 9.59 Å². The molecule has 0 saturated heterocycles. The maximum Gasteiger partial charge on any atom is 0.262 e. The molecule has 0 atom stereocenters. The number of aldehydes is 1. The summed E-state index contributed by atoms with van der Waals surface area (Å²) in [6.45, 7) is 0.0356. The van der Waals surface area contributed by atoms with Gasteiger partial charge in [-0.2, -0.15) is 0 Å². The molecule has 15 heavy (non-hydrogen) atoms. The number of carbonyl (C=O) groups excluding carboxylic acids is 2. The molecule has 4 nitrogen and oxygen atoms in total. The summed E-state index contributed by atoms with van der Waals surface area (Å²) in [6.07, 6.45) is 3.79. The Balaban J connectivity index is 2.30. The first kappa shape index (κ1) is 9.45. The zero-order valence-electron chi connectivity index (χ0n) is 7.90. The van der Waals surface area contributed by atoms with E-state index in [1.165, 1.54) is 6.08 Å². The van der Waals surface area contributed by atoms with Crippen molar-refractivity contribution in [1.82, 2.24) is 0 Å². The fourth-order valence-corrected chi connectivity index (χ4v) is 1.35. The number of hydrogen-bond donors (Lipinski definition) is 1. The maximum absolute atomic E-state index is 11.0. The van der Waals surface area contributed by atoms with E-state index in [1.54, 1.807) is 24.3 Å². The van der Waals surface area contributed by atoms with Crippen LogP contribution in [-0.4, -0.2) is 18.8 Å². The van der Waals surface area contributed by atoms with Gasteiger partial charge in [-0.25, -0.2) is 0 Å². The lowest BCUT2D eigenvalue weighted by atomic mass is 10.1. The highest BCUT2D eigenvalue weighted by Crippen LogP contribution is 2.28. The van der Waals surface area contributed by atoms with E-state index in [0.29, 0.717) is 17.7 Å². The normalized spacial score (nSPS) is 14.3. The summed E-state index contributed by atoms with van der Waals surface area (Å²) in [5, 5.41) is 2.69. The van der Waals surface area contributed by atoms with Gasteiger partial charge in [-0.1, -0.05) is 12.1 Å². The van der Waals surface area contributed by atoms with Crippen molar-refractivity contribution in [3.63, 3.8) is 0 Å². The molecular formula is C11H9NO3. The van der Waals surface area contributed by atoms with Gasteiger partial charge in [0.1, 0.15) is 12.0 Å². The van der Waals surface area contributed by atoms with E-state index in [2.05, 4.69) is 5.32 Å². The average Bonchev–Trinajstić information content (AvgIpc) is 2.26. The van der Waals surface area contributed by atoms with E-state index in [4.69, 9.17) is 4.74 Å². The van der Waals surface area contributed by atoms with Crippen LogP contribution in [0.25, 0.3) is 6.08 Å². The summed E-state index contributed by atoms with van der Waals surface area (Å²) in [6, 6.07) is 5.32. The largest absolute Gasteiger partial charge is 0.482 e. The fourth-order valence-electron chi connectivity index (χ4n) is 1.35. The van der Waals surface area contributed by atoms with Gasteiger partial charge in [-0.05, 0) is 23.8 Å². The number of amides is 1. The van der Waals surface area contributed by atoms with E-state index in [-0.39, 0.29) is 12.5 Å². The molecule has 0 fully saturated rings. The molecule has 0 unspecified atom stereocenters. The number of fused-ring (bicyclic) bond motifs is 1. The monoisotopic (exact) mass is 203 g/mol. The number of anilines is 1. The molecule has 0 aliphatic carbocycles. The Kier molecular flexibility index (Phi) is 2.49. The molecule has 0 radical (unpaired) electrons. The van der Waals surface area contributed by atoms with Gasteiger partial charge in [0.2, 0.25) is 0 Å². The Morgan fingerprint density at radius 2 is 2.27 bits per heavy atom. The van der Waals surface area contributed by atoms with Crippen molar-refractivity contribution in [2.75, 3.05) is 11.9 Å². The predicted molar refractivity (Wildman–Crippen MR) is 55.7 cm³/mol. The lowest BCUT2D eigenvalue weighted by Gasteiger charge is -2.17. The van der Waals surface area contributed by atoms with Crippen molar-refractivity contribution in [2.24, 2.45) is 0 Å². The highest BCUT2D eigenvalue weighted by molar-refractivity contribution is 5.95. The molecule has 4 heteroatoms. The van der Waals surface area contributed by atoms with Crippen LogP contribution in [-0.2, 0) is 9.59 Å². The van der Waals surface area contributed by atoms with Crippen LogP contribution in [0.2, 0.25) is 0 Å². The zero-order valence-corrected chi connectivity index (χ0v) is 7.90. The number of carbonyl (C=O) groups is 2. The van der Waals surface area contributed by atoms with Crippen LogP contribution in [0, 0.1) is 0 Å². The van der Waals surface area contributed by atoms with Gasteiger partial charge in [0.05, 0.1) is 5.69 Å². The summed E-state index contributed by atoms with van der Waals surface area (Å²) < 4.78 is 5.22. The van der Waals surface area contributed by atoms with E-state index < -0.39 is 0 Å². The second-order valence-corrected chi connectivity index (χ2v) is 3.09. The first-order chi connectivity index (χ1) is 7.29. The topological polar surface area (TPSA) is 55.4 Å². The van der Waals surface area contributed by atoms with Gasteiger partial charge in [-0.15, -0.1) is 0 Å². The molecule has 0 saturated carbocycles. The predicted octanol–water partition coefficient (Wildman–Crippen LogP) is 1.23. The fraction of sp³-hybridized carbons (Fsp3) is 0.0909. The minimum atomic E-state index is -0.154. The summed E-state index contributed by atoms with van der Waals surface area (Å²) in [4.78, 5) is 21.1. The van der Waals surface area contributed by atoms with Crippen LogP contribution in [0.15, 0.2) is 24.3 Å². The van der Waals surface area contributed by atoms with Gasteiger partial charge in [0.15, 0.2) is 6.61 Å². The van der Waals surface area contributed by atoms with Crippen molar-refractivity contribution < 1.29 is 14.3 Å². The Labute approximate surface area is 86.5 Å². The van der Waals surface area contributed by atoms with Crippen molar-refractivity contribution in [3.05, 3.63) is 29.8 Å². The van der Waals surface area contributed by atoms with E-state index in [1.807, 2.05) is 0 Å². The molecule has 1 amide bonds. The highest BCUT2D eigenvalue weighted by Gasteiger charge is 2.15. The van der Waals surface area contributed by atoms with Crippen LogP contribution in [0.4, 0.5) is 5.69 Å². The van der Waals surface area contributed by atoms with Crippen molar-refractivity contribution in [2.45, 2.75) is 0 Å². The van der Waals surface area contributed by atoms with Crippen molar-refractivity contribution >= 4 is 24.0 Å².